The zero-order chi connectivity index (χ0) is 10.9. The summed E-state index contributed by atoms with van der Waals surface area (Å²) in [6.07, 6.45) is 0. The number of aromatic nitrogens is 1. The van der Waals surface area contributed by atoms with Crippen molar-refractivity contribution in [1.29, 1.82) is 0 Å². The van der Waals surface area contributed by atoms with Gasteiger partial charge in [0, 0.05) is 13.1 Å². The second-order valence-electron chi connectivity index (χ2n) is 2.96. The van der Waals surface area contributed by atoms with E-state index in [1.165, 1.54) is 0 Å². The molecule has 4 nitrogen and oxygen atoms in total. The minimum atomic E-state index is 0.0766. The van der Waals surface area contributed by atoms with Gasteiger partial charge in [0.25, 0.3) is 0 Å². The zero-order valence-corrected chi connectivity index (χ0v) is 10.0. The summed E-state index contributed by atoms with van der Waals surface area (Å²) >= 11 is 3.31. The maximum absolute atomic E-state index is 8.47. The Hall–Kier alpha value is -0.490. The van der Waals surface area contributed by atoms with Gasteiger partial charge in [0.05, 0.1) is 25.5 Å². The van der Waals surface area contributed by atoms with Gasteiger partial charge >= 0.3 is 0 Å². The van der Waals surface area contributed by atoms with Gasteiger partial charge in [0.15, 0.2) is 0 Å². The van der Waals surface area contributed by atoms with E-state index < -0.39 is 0 Å². The maximum atomic E-state index is 8.47. The van der Waals surface area contributed by atoms with Gasteiger partial charge in [-0.1, -0.05) is 6.07 Å². The highest BCUT2D eigenvalue weighted by Crippen LogP contribution is 2.05. The van der Waals surface area contributed by atoms with E-state index in [2.05, 4.69) is 26.2 Å². The number of nitrogens with one attached hydrogen (secondary N) is 1. The van der Waals surface area contributed by atoms with Crippen molar-refractivity contribution < 1.29 is 9.84 Å². The molecule has 15 heavy (non-hydrogen) atoms. The van der Waals surface area contributed by atoms with Crippen molar-refractivity contribution in [2.45, 2.75) is 6.54 Å². The lowest BCUT2D eigenvalue weighted by Gasteiger charge is -2.05. The lowest BCUT2D eigenvalue weighted by atomic mass is 10.3. The number of halogens is 1. The molecule has 1 rings (SSSR count). The van der Waals surface area contributed by atoms with Crippen molar-refractivity contribution in [3.8, 4) is 0 Å². The molecule has 0 saturated carbocycles. The summed E-state index contributed by atoms with van der Waals surface area (Å²) < 4.78 is 5.95. The van der Waals surface area contributed by atoms with Crippen LogP contribution < -0.4 is 5.32 Å². The van der Waals surface area contributed by atoms with Crippen LogP contribution in [-0.2, 0) is 11.3 Å². The van der Waals surface area contributed by atoms with E-state index in [0.717, 1.165) is 23.4 Å². The summed E-state index contributed by atoms with van der Waals surface area (Å²) in [5, 5.41) is 11.7. The maximum Gasteiger partial charge on any atom is 0.106 e. The molecular formula is C10H15BrN2O2. The molecule has 0 aliphatic carbocycles. The first kappa shape index (κ1) is 12.6. The largest absolute Gasteiger partial charge is 0.394 e. The van der Waals surface area contributed by atoms with Gasteiger partial charge in [-0.2, -0.15) is 0 Å². The van der Waals surface area contributed by atoms with Crippen LogP contribution in [0.3, 0.4) is 0 Å². The molecule has 0 bridgehead atoms. The molecule has 0 amide bonds. The normalized spacial score (nSPS) is 10.5. The fourth-order valence-electron chi connectivity index (χ4n) is 1.08. The Morgan fingerprint density at radius 3 is 3.00 bits per heavy atom. The monoisotopic (exact) mass is 274 g/mol. The Labute approximate surface area is 97.8 Å². The minimum absolute atomic E-state index is 0.0766. The molecule has 0 aliphatic rings. The SMILES string of the molecule is OCCOCCNCc1cccc(Br)n1. The third-order valence-electron chi connectivity index (χ3n) is 1.74. The molecule has 2 N–H and O–H groups in total. The summed E-state index contributed by atoms with van der Waals surface area (Å²) in [5.74, 6) is 0. The molecule has 1 aromatic rings. The van der Waals surface area contributed by atoms with Crippen LogP contribution >= 0.6 is 15.9 Å². The first-order chi connectivity index (χ1) is 7.33. The third-order valence-corrected chi connectivity index (χ3v) is 2.18. The molecule has 0 aliphatic heterocycles. The van der Waals surface area contributed by atoms with E-state index in [4.69, 9.17) is 9.84 Å². The average Bonchev–Trinajstić information content (AvgIpc) is 2.23. The summed E-state index contributed by atoms with van der Waals surface area (Å²) in [5.41, 5.74) is 0.992. The van der Waals surface area contributed by atoms with E-state index in [-0.39, 0.29) is 6.61 Å². The van der Waals surface area contributed by atoms with Crippen molar-refractivity contribution in [2.24, 2.45) is 0 Å². The van der Waals surface area contributed by atoms with Crippen LogP contribution in [0.2, 0.25) is 0 Å². The van der Waals surface area contributed by atoms with Crippen molar-refractivity contribution >= 4 is 15.9 Å². The Morgan fingerprint density at radius 1 is 1.40 bits per heavy atom. The molecule has 0 radical (unpaired) electrons. The lowest BCUT2D eigenvalue weighted by Crippen LogP contribution is -2.20. The van der Waals surface area contributed by atoms with Gasteiger partial charge in [0.1, 0.15) is 4.60 Å². The zero-order valence-electron chi connectivity index (χ0n) is 8.45. The van der Waals surface area contributed by atoms with Gasteiger partial charge in [-0.3, -0.25) is 0 Å². The predicted molar refractivity (Wildman–Crippen MR) is 61.5 cm³/mol. The van der Waals surface area contributed by atoms with E-state index >= 15 is 0 Å². The summed E-state index contributed by atoms with van der Waals surface area (Å²) in [6.45, 7) is 2.56. The number of hydrogen-bond acceptors (Lipinski definition) is 4. The standard InChI is InChI=1S/C10H15BrN2O2/c11-10-3-1-2-9(13-10)8-12-4-6-15-7-5-14/h1-3,12,14H,4-8H2. The number of aliphatic hydroxyl groups excluding tert-OH is 1. The van der Waals surface area contributed by atoms with Gasteiger partial charge in [-0.05, 0) is 28.1 Å². The number of pyridine rings is 1. The van der Waals surface area contributed by atoms with E-state index in [1.807, 2.05) is 18.2 Å². The van der Waals surface area contributed by atoms with E-state index in [1.54, 1.807) is 0 Å². The first-order valence-corrected chi connectivity index (χ1v) is 5.63. The molecule has 1 aromatic heterocycles. The van der Waals surface area contributed by atoms with Crippen LogP contribution in [0.1, 0.15) is 5.69 Å². The molecule has 0 aromatic carbocycles. The average molecular weight is 275 g/mol. The topological polar surface area (TPSA) is 54.4 Å². The number of nitrogens with zero attached hydrogens (tertiary/aromatic N) is 1. The van der Waals surface area contributed by atoms with Crippen molar-refractivity contribution in [3.63, 3.8) is 0 Å². The smallest absolute Gasteiger partial charge is 0.106 e. The van der Waals surface area contributed by atoms with Crippen LogP contribution in [0, 0.1) is 0 Å². The molecule has 5 heteroatoms. The molecule has 0 atom stereocenters. The fourth-order valence-corrected chi connectivity index (χ4v) is 1.46. The Bertz CT molecular complexity index is 284. The highest BCUT2D eigenvalue weighted by Gasteiger charge is 1.94. The number of rotatable bonds is 7. The molecule has 0 fully saturated rings. The van der Waals surface area contributed by atoms with Gasteiger partial charge in [-0.25, -0.2) is 4.98 Å². The van der Waals surface area contributed by atoms with Crippen LogP contribution in [-0.4, -0.2) is 36.5 Å². The highest BCUT2D eigenvalue weighted by molar-refractivity contribution is 9.10. The van der Waals surface area contributed by atoms with Crippen molar-refractivity contribution in [3.05, 3.63) is 28.5 Å². The molecule has 0 spiro atoms. The van der Waals surface area contributed by atoms with Crippen LogP contribution in [0.15, 0.2) is 22.8 Å². The van der Waals surface area contributed by atoms with E-state index in [9.17, 15) is 0 Å². The third kappa shape index (κ3) is 5.84. The van der Waals surface area contributed by atoms with Crippen molar-refractivity contribution in [2.75, 3.05) is 26.4 Å². The van der Waals surface area contributed by atoms with Crippen LogP contribution in [0.5, 0.6) is 0 Å². The summed E-state index contributed by atoms with van der Waals surface area (Å²) in [6, 6.07) is 5.82. The quantitative estimate of drug-likeness (QED) is 0.574. The Morgan fingerprint density at radius 2 is 2.27 bits per heavy atom. The summed E-state index contributed by atoms with van der Waals surface area (Å²) in [7, 11) is 0. The Kier molecular flexibility index (Phi) is 6.50. The number of ether oxygens (including phenoxy) is 1. The van der Waals surface area contributed by atoms with E-state index in [0.29, 0.717) is 13.2 Å². The molecular weight excluding hydrogens is 260 g/mol. The highest BCUT2D eigenvalue weighted by atomic mass is 79.9. The number of aliphatic hydroxyl groups is 1. The van der Waals surface area contributed by atoms with Gasteiger partial charge in [-0.15, -0.1) is 0 Å². The second kappa shape index (κ2) is 7.76. The first-order valence-electron chi connectivity index (χ1n) is 4.83. The van der Waals surface area contributed by atoms with Crippen LogP contribution in [0.4, 0.5) is 0 Å². The fraction of sp³-hybridized carbons (Fsp3) is 0.500. The van der Waals surface area contributed by atoms with Gasteiger partial charge in [0.2, 0.25) is 0 Å². The van der Waals surface area contributed by atoms with Crippen LogP contribution in [0.25, 0.3) is 0 Å². The Balaban J connectivity index is 2.10. The minimum Gasteiger partial charge on any atom is -0.394 e. The molecule has 0 saturated heterocycles. The number of hydrogen-bond donors (Lipinski definition) is 2. The predicted octanol–water partition coefficient (Wildman–Crippen LogP) is 0.943. The molecule has 0 unspecified atom stereocenters. The summed E-state index contributed by atoms with van der Waals surface area (Å²) in [4.78, 5) is 4.28. The van der Waals surface area contributed by atoms with Crippen molar-refractivity contribution in [1.82, 2.24) is 10.3 Å². The van der Waals surface area contributed by atoms with Gasteiger partial charge < -0.3 is 15.2 Å². The lowest BCUT2D eigenvalue weighted by molar-refractivity contribution is 0.0937. The second-order valence-corrected chi connectivity index (χ2v) is 3.78. The molecule has 1 heterocycles. The molecule has 84 valence electrons.